The molecule has 24 heavy (non-hydrogen) atoms. The SMILES string of the molecule is CN(C)CCCN(CCC(=O)NCc1ccc(Cl)cc1)S(C)(=O)=O. The van der Waals surface area contributed by atoms with Gasteiger partial charge in [0, 0.05) is 31.1 Å². The number of hydrogen-bond donors (Lipinski definition) is 1. The van der Waals surface area contributed by atoms with Crippen molar-refractivity contribution in [3.8, 4) is 0 Å². The third kappa shape index (κ3) is 8.63. The molecule has 0 saturated carbocycles. The number of carbonyl (C=O) groups excluding carboxylic acids is 1. The van der Waals surface area contributed by atoms with Gasteiger partial charge in [0.05, 0.1) is 6.26 Å². The third-order valence-electron chi connectivity index (χ3n) is 3.47. The fraction of sp³-hybridized carbons (Fsp3) is 0.562. The molecule has 1 aromatic carbocycles. The Morgan fingerprint density at radius 1 is 1.12 bits per heavy atom. The Hall–Kier alpha value is -1.15. The van der Waals surface area contributed by atoms with Crippen molar-refractivity contribution in [2.75, 3.05) is 40.0 Å². The number of carbonyl (C=O) groups is 1. The van der Waals surface area contributed by atoms with E-state index in [1.807, 2.05) is 31.1 Å². The molecule has 1 N–H and O–H groups in total. The lowest BCUT2D eigenvalue weighted by atomic mass is 10.2. The van der Waals surface area contributed by atoms with Gasteiger partial charge in [0.2, 0.25) is 15.9 Å². The van der Waals surface area contributed by atoms with E-state index in [0.717, 1.165) is 18.5 Å². The Balaban J connectivity index is 2.41. The molecule has 1 amide bonds. The monoisotopic (exact) mass is 375 g/mol. The van der Waals surface area contributed by atoms with Gasteiger partial charge in [-0.15, -0.1) is 0 Å². The molecule has 0 radical (unpaired) electrons. The standard InChI is InChI=1S/C16H26ClN3O3S/c1-19(2)10-4-11-20(24(3,22)23)12-9-16(21)18-13-14-5-7-15(17)8-6-14/h5-8H,4,9-13H2,1-3H3,(H,18,21). The maximum absolute atomic E-state index is 11.9. The average Bonchev–Trinajstić information content (AvgIpc) is 2.48. The van der Waals surface area contributed by atoms with Gasteiger partial charge in [0.15, 0.2) is 0 Å². The topological polar surface area (TPSA) is 69.7 Å². The molecule has 0 aliphatic rings. The Morgan fingerprint density at radius 3 is 2.29 bits per heavy atom. The van der Waals surface area contributed by atoms with Crippen LogP contribution in [0.4, 0.5) is 0 Å². The number of nitrogens with zero attached hydrogens (tertiary/aromatic N) is 2. The molecule has 1 aromatic rings. The van der Waals surface area contributed by atoms with E-state index < -0.39 is 10.0 Å². The van der Waals surface area contributed by atoms with Crippen LogP contribution in [0.1, 0.15) is 18.4 Å². The summed E-state index contributed by atoms with van der Waals surface area (Å²) in [6.07, 6.45) is 2.05. The van der Waals surface area contributed by atoms with Crippen LogP contribution in [0.25, 0.3) is 0 Å². The fourth-order valence-corrected chi connectivity index (χ4v) is 3.13. The summed E-state index contributed by atoms with van der Waals surface area (Å²) in [4.78, 5) is 13.9. The first-order chi connectivity index (χ1) is 11.2. The molecule has 0 fully saturated rings. The highest BCUT2D eigenvalue weighted by atomic mass is 35.5. The Kier molecular flexibility index (Phi) is 8.69. The van der Waals surface area contributed by atoms with Crippen molar-refractivity contribution in [2.24, 2.45) is 0 Å². The van der Waals surface area contributed by atoms with Gasteiger partial charge in [0.1, 0.15) is 0 Å². The van der Waals surface area contributed by atoms with Crippen LogP contribution in [0.15, 0.2) is 24.3 Å². The van der Waals surface area contributed by atoms with Crippen molar-refractivity contribution in [2.45, 2.75) is 19.4 Å². The Bertz CT molecular complexity index is 618. The molecule has 0 aliphatic heterocycles. The summed E-state index contributed by atoms with van der Waals surface area (Å²) in [5.41, 5.74) is 0.943. The molecular formula is C16H26ClN3O3S. The molecule has 0 unspecified atom stereocenters. The molecule has 1 rings (SSSR count). The van der Waals surface area contributed by atoms with Crippen LogP contribution in [-0.4, -0.2) is 63.5 Å². The highest BCUT2D eigenvalue weighted by Crippen LogP contribution is 2.09. The van der Waals surface area contributed by atoms with Crippen LogP contribution < -0.4 is 5.32 Å². The zero-order chi connectivity index (χ0) is 18.2. The fourth-order valence-electron chi connectivity index (χ4n) is 2.12. The minimum absolute atomic E-state index is 0.141. The lowest BCUT2D eigenvalue weighted by Gasteiger charge is -2.20. The van der Waals surface area contributed by atoms with Crippen molar-refractivity contribution in [1.29, 1.82) is 0 Å². The lowest BCUT2D eigenvalue weighted by Crippen LogP contribution is -2.36. The van der Waals surface area contributed by atoms with E-state index in [4.69, 9.17) is 11.6 Å². The van der Waals surface area contributed by atoms with E-state index in [9.17, 15) is 13.2 Å². The second kappa shape index (κ2) is 9.98. The lowest BCUT2D eigenvalue weighted by molar-refractivity contribution is -0.121. The van der Waals surface area contributed by atoms with Gasteiger partial charge in [-0.3, -0.25) is 4.79 Å². The highest BCUT2D eigenvalue weighted by molar-refractivity contribution is 7.88. The number of amides is 1. The van der Waals surface area contributed by atoms with Gasteiger partial charge in [-0.25, -0.2) is 12.7 Å². The summed E-state index contributed by atoms with van der Waals surface area (Å²) >= 11 is 5.81. The zero-order valence-electron chi connectivity index (χ0n) is 14.5. The first kappa shape index (κ1) is 20.9. The van der Waals surface area contributed by atoms with Crippen molar-refractivity contribution in [1.82, 2.24) is 14.5 Å². The second-order valence-electron chi connectivity index (χ2n) is 5.97. The Morgan fingerprint density at radius 2 is 1.75 bits per heavy atom. The number of sulfonamides is 1. The summed E-state index contributed by atoms with van der Waals surface area (Å²) in [5.74, 6) is -0.175. The molecule has 0 aliphatic carbocycles. The number of benzene rings is 1. The number of rotatable bonds is 10. The average molecular weight is 376 g/mol. The van der Waals surface area contributed by atoms with Gasteiger partial charge >= 0.3 is 0 Å². The van der Waals surface area contributed by atoms with Crippen molar-refractivity contribution >= 4 is 27.5 Å². The van der Waals surface area contributed by atoms with Gasteiger partial charge in [-0.05, 0) is 44.8 Å². The van der Waals surface area contributed by atoms with Crippen molar-refractivity contribution < 1.29 is 13.2 Å². The summed E-state index contributed by atoms with van der Waals surface area (Å²) in [6.45, 7) is 1.81. The summed E-state index contributed by atoms with van der Waals surface area (Å²) < 4.78 is 25.0. The van der Waals surface area contributed by atoms with E-state index in [-0.39, 0.29) is 18.9 Å². The smallest absolute Gasteiger partial charge is 0.221 e. The maximum atomic E-state index is 11.9. The van der Waals surface area contributed by atoms with Gasteiger partial charge in [-0.2, -0.15) is 0 Å². The normalized spacial score (nSPS) is 11.9. The van der Waals surface area contributed by atoms with E-state index in [1.165, 1.54) is 10.6 Å². The van der Waals surface area contributed by atoms with Crippen LogP contribution in [0.3, 0.4) is 0 Å². The first-order valence-electron chi connectivity index (χ1n) is 7.79. The molecule has 8 heteroatoms. The van der Waals surface area contributed by atoms with Crippen LogP contribution in [0, 0.1) is 0 Å². The largest absolute Gasteiger partial charge is 0.352 e. The zero-order valence-corrected chi connectivity index (χ0v) is 16.0. The first-order valence-corrected chi connectivity index (χ1v) is 10.0. The second-order valence-corrected chi connectivity index (χ2v) is 8.39. The molecule has 0 aromatic heterocycles. The van der Waals surface area contributed by atoms with Gasteiger partial charge in [-0.1, -0.05) is 23.7 Å². The maximum Gasteiger partial charge on any atom is 0.221 e. The number of hydrogen-bond acceptors (Lipinski definition) is 4. The van der Waals surface area contributed by atoms with E-state index in [2.05, 4.69) is 5.32 Å². The summed E-state index contributed by atoms with van der Waals surface area (Å²) in [5, 5.41) is 3.43. The summed E-state index contributed by atoms with van der Waals surface area (Å²) in [7, 11) is 0.569. The molecule has 0 atom stereocenters. The minimum atomic E-state index is -3.31. The van der Waals surface area contributed by atoms with Crippen LogP contribution >= 0.6 is 11.6 Å². The minimum Gasteiger partial charge on any atom is -0.352 e. The quantitative estimate of drug-likeness (QED) is 0.673. The molecule has 0 bridgehead atoms. The van der Waals surface area contributed by atoms with E-state index in [1.54, 1.807) is 12.1 Å². The molecule has 6 nitrogen and oxygen atoms in total. The predicted octanol–water partition coefficient (Wildman–Crippen LogP) is 1.56. The highest BCUT2D eigenvalue weighted by Gasteiger charge is 2.17. The summed E-state index contributed by atoms with van der Waals surface area (Å²) in [6, 6.07) is 7.21. The van der Waals surface area contributed by atoms with Crippen LogP contribution in [-0.2, 0) is 21.4 Å². The van der Waals surface area contributed by atoms with Gasteiger partial charge < -0.3 is 10.2 Å². The van der Waals surface area contributed by atoms with E-state index in [0.29, 0.717) is 18.1 Å². The third-order valence-corrected chi connectivity index (χ3v) is 5.03. The van der Waals surface area contributed by atoms with Crippen LogP contribution in [0.5, 0.6) is 0 Å². The molecule has 0 spiro atoms. The van der Waals surface area contributed by atoms with Gasteiger partial charge in [0.25, 0.3) is 0 Å². The molecule has 136 valence electrons. The Labute approximate surface area is 149 Å². The molecule has 0 saturated heterocycles. The molecule has 0 heterocycles. The number of nitrogens with one attached hydrogen (secondary N) is 1. The van der Waals surface area contributed by atoms with Crippen LogP contribution in [0.2, 0.25) is 5.02 Å². The predicted molar refractivity (Wildman–Crippen MR) is 97.5 cm³/mol. The van der Waals surface area contributed by atoms with E-state index >= 15 is 0 Å². The number of halogens is 1. The molecular weight excluding hydrogens is 350 g/mol. The van der Waals surface area contributed by atoms with Crippen molar-refractivity contribution in [3.63, 3.8) is 0 Å². The van der Waals surface area contributed by atoms with Crippen molar-refractivity contribution in [3.05, 3.63) is 34.9 Å².